The molecule has 26 heavy (non-hydrogen) atoms. The van der Waals surface area contributed by atoms with Crippen LogP contribution in [0.1, 0.15) is 25.3 Å². The van der Waals surface area contributed by atoms with Crippen LogP contribution in [-0.4, -0.2) is 73.8 Å². The number of carbonyl (C=O) groups excluding carboxylic acids is 1. The number of hydrogen-bond donors (Lipinski definition) is 3. The van der Waals surface area contributed by atoms with Crippen LogP contribution in [0.3, 0.4) is 0 Å². The SMILES string of the molecule is CN(C)CCCC(O)C(=O)C1C(CO)CC1n1cnc2c(N)ncnc21. The maximum atomic E-state index is 12.8. The third kappa shape index (κ3) is 3.42. The molecule has 0 saturated heterocycles. The number of aromatic nitrogens is 4. The molecular formula is C17H26N6O3. The molecular weight excluding hydrogens is 336 g/mol. The molecule has 0 aliphatic heterocycles. The Balaban J connectivity index is 1.77. The van der Waals surface area contributed by atoms with Crippen molar-refractivity contribution in [2.75, 3.05) is 33.0 Å². The molecule has 2 aromatic rings. The number of ketones is 1. The van der Waals surface area contributed by atoms with Gasteiger partial charge in [-0.25, -0.2) is 15.0 Å². The van der Waals surface area contributed by atoms with Crippen molar-refractivity contribution in [3.63, 3.8) is 0 Å². The molecule has 2 aromatic heterocycles. The molecule has 1 saturated carbocycles. The van der Waals surface area contributed by atoms with Gasteiger partial charge < -0.3 is 25.4 Å². The molecule has 3 rings (SSSR count). The Hall–Kier alpha value is -2.10. The Labute approximate surface area is 151 Å². The number of hydrogen-bond acceptors (Lipinski definition) is 8. The topological polar surface area (TPSA) is 130 Å². The number of rotatable bonds is 8. The second kappa shape index (κ2) is 7.65. The lowest BCUT2D eigenvalue weighted by Crippen LogP contribution is -2.48. The van der Waals surface area contributed by atoms with E-state index < -0.39 is 12.0 Å². The van der Waals surface area contributed by atoms with E-state index in [0.29, 0.717) is 29.8 Å². The fourth-order valence-corrected chi connectivity index (χ4v) is 3.70. The number of Topliss-reactive ketones (excluding diaryl/α,β-unsaturated/α-hetero) is 1. The average molecular weight is 362 g/mol. The Bertz CT molecular complexity index is 777. The fraction of sp³-hybridized carbons (Fsp3) is 0.647. The molecule has 9 nitrogen and oxygen atoms in total. The lowest BCUT2D eigenvalue weighted by molar-refractivity contribution is -0.142. The minimum Gasteiger partial charge on any atom is -0.396 e. The molecule has 1 aliphatic rings. The van der Waals surface area contributed by atoms with Crippen LogP contribution < -0.4 is 5.73 Å². The molecule has 0 bridgehead atoms. The van der Waals surface area contributed by atoms with Crippen LogP contribution >= 0.6 is 0 Å². The molecule has 4 N–H and O–H groups in total. The summed E-state index contributed by atoms with van der Waals surface area (Å²) in [5.74, 6) is -0.545. The highest BCUT2D eigenvalue weighted by molar-refractivity contribution is 5.87. The van der Waals surface area contributed by atoms with E-state index in [1.54, 1.807) is 6.33 Å². The van der Waals surface area contributed by atoms with Crippen molar-refractivity contribution in [3.05, 3.63) is 12.7 Å². The fourth-order valence-electron chi connectivity index (χ4n) is 3.70. The normalized spacial score (nSPS) is 24.0. The first-order chi connectivity index (χ1) is 12.4. The Morgan fingerprint density at radius 2 is 2.19 bits per heavy atom. The molecule has 1 aliphatic carbocycles. The quantitative estimate of drug-likeness (QED) is 0.591. The highest BCUT2D eigenvalue weighted by atomic mass is 16.3. The summed E-state index contributed by atoms with van der Waals surface area (Å²) in [7, 11) is 3.91. The highest BCUT2D eigenvalue weighted by Crippen LogP contribution is 2.46. The molecule has 0 amide bonds. The minimum atomic E-state index is -1.02. The Kier molecular flexibility index (Phi) is 5.49. The number of imidazole rings is 1. The molecule has 2 heterocycles. The van der Waals surface area contributed by atoms with E-state index >= 15 is 0 Å². The van der Waals surface area contributed by atoms with E-state index in [1.165, 1.54) is 6.33 Å². The number of aliphatic hydroxyl groups is 2. The molecule has 0 aromatic carbocycles. The summed E-state index contributed by atoms with van der Waals surface area (Å²) in [6, 6.07) is -0.192. The molecule has 4 unspecified atom stereocenters. The van der Waals surface area contributed by atoms with E-state index in [0.717, 1.165) is 13.0 Å². The van der Waals surface area contributed by atoms with Gasteiger partial charge in [0.15, 0.2) is 17.2 Å². The van der Waals surface area contributed by atoms with Gasteiger partial charge in [-0.2, -0.15) is 0 Å². The first-order valence-corrected chi connectivity index (χ1v) is 8.84. The molecule has 9 heteroatoms. The summed E-state index contributed by atoms with van der Waals surface area (Å²) in [6.45, 7) is 0.727. The number of anilines is 1. The highest BCUT2D eigenvalue weighted by Gasteiger charge is 2.48. The summed E-state index contributed by atoms with van der Waals surface area (Å²) < 4.78 is 1.81. The maximum absolute atomic E-state index is 12.8. The van der Waals surface area contributed by atoms with Crippen LogP contribution in [0, 0.1) is 11.8 Å². The van der Waals surface area contributed by atoms with Crippen molar-refractivity contribution in [2.45, 2.75) is 31.4 Å². The van der Waals surface area contributed by atoms with Gasteiger partial charge in [0.05, 0.1) is 6.33 Å². The van der Waals surface area contributed by atoms with Crippen LogP contribution in [0.15, 0.2) is 12.7 Å². The Morgan fingerprint density at radius 1 is 1.42 bits per heavy atom. The van der Waals surface area contributed by atoms with Crippen LogP contribution in [0.4, 0.5) is 5.82 Å². The zero-order valence-electron chi connectivity index (χ0n) is 15.1. The lowest BCUT2D eigenvalue weighted by Gasteiger charge is -2.44. The van der Waals surface area contributed by atoms with Crippen LogP contribution in [0.25, 0.3) is 11.2 Å². The summed E-state index contributed by atoms with van der Waals surface area (Å²) >= 11 is 0. The van der Waals surface area contributed by atoms with Crippen molar-refractivity contribution in [2.24, 2.45) is 11.8 Å². The van der Waals surface area contributed by atoms with Gasteiger partial charge in [-0.15, -0.1) is 0 Å². The van der Waals surface area contributed by atoms with Crippen molar-refractivity contribution in [1.82, 2.24) is 24.4 Å². The van der Waals surface area contributed by atoms with Crippen molar-refractivity contribution >= 4 is 22.8 Å². The molecule has 142 valence electrons. The van der Waals surface area contributed by atoms with Crippen molar-refractivity contribution in [1.29, 1.82) is 0 Å². The number of aliphatic hydroxyl groups excluding tert-OH is 2. The van der Waals surface area contributed by atoms with Gasteiger partial charge >= 0.3 is 0 Å². The molecule has 4 atom stereocenters. The van der Waals surface area contributed by atoms with Crippen LogP contribution in [-0.2, 0) is 4.79 Å². The molecule has 0 radical (unpaired) electrons. The van der Waals surface area contributed by atoms with E-state index in [1.807, 2.05) is 23.6 Å². The third-order valence-electron chi connectivity index (χ3n) is 5.19. The van der Waals surface area contributed by atoms with E-state index in [-0.39, 0.29) is 24.3 Å². The maximum Gasteiger partial charge on any atom is 0.166 e. The number of nitrogen functional groups attached to an aromatic ring is 1. The van der Waals surface area contributed by atoms with Gasteiger partial charge in [0, 0.05) is 18.6 Å². The first-order valence-electron chi connectivity index (χ1n) is 8.84. The van der Waals surface area contributed by atoms with Crippen LogP contribution in [0.5, 0.6) is 0 Å². The van der Waals surface area contributed by atoms with E-state index in [4.69, 9.17) is 5.73 Å². The van der Waals surface area contributed by atoms with E-state index in [2.05, 4.69) is 15.0 Å². The molecule has 1 fully saturated rings. The summed E-state index contributed by atoms with van der Waals surface area (Å²) in [4.78, 5) is 27.2. The van der Waals surface area contributed by atoms with E-state index in [9.17, 15) is 15.0 Å². The number of carbonyl (C=O) groups is 1. The van der Waals surface area contributed by atoms with Crippen molar-refractivity contribution in [3.8, 4) is 0 Å². The molecule has 0 spiro atoms. The second-order valence-electron chi connectivity index (χ2n) is 7.22. The summed E-state index contributed by atoms with van der Waals surface area (Å²) in [6.07, 6.45) is 3.73. The van der Waals surface area contributed by atoms with Crippen LogP contribution in [0.2, 0.25) is 0 Å². The third-order valence-corrected chi connectivity index (χ3v) is 5.19. The van der Waals surface area contributed by atoms with Gasteiger partial charge in [-0.05, 0) is 45.8 Å². The van der Waals surface area contributed by atoms with Gasteiger partial charge in [-0.3, -0.25) is 4.79 Å². The monoisotopic (exact) mass is 362 g/mol. The standard InChI is InChI=1S/C17H26N6O3/c1-22(2)5-3-4-12(25)15(26)13-10(7-24)6-11(13)23-9-21-14-16(18)19-8-20-17(14)23/h8-13,24-25H,3-7H2,1-2H3,(H2,18,19,20). The summed E-state index contributed by atoms with van der Waals surface area (Å²) in [5, 5.41) is 19.9. The smallest absolute Gasteiger partial charge is 0.166 e. The average Bonchev–Trinajstić information content (AvgIpc) is 2.99. The summed E-state index contributed by atoms with van der Waals surface area (Å²) in [5.41, 5.74) is 6.89. The van der Waals surface area contributed by atoms with Crippen molar-refractivity contribution < 1.29 is 15.0 Å². The predicted octanol–water partition coefficient (Wildman–Crippen LogP) is -0.150. The predicted molar refractivity (Wildman–Crippen MR) is 96.3 cm³/mol. The lowest BCUT2D eigenvalue weighted by atomic mass is 9.66. The Morgan fingerprint density at radius 3 is 2.88 bits per heavy atom. The zero-order valence-corrected chi connectivity index (χ0v) is 15.1. The number of nitrogens with zero attached hydrogens (tertiary/aromatic N) is 5. The van der Waals surface area contributed by atoms with Gasteiger partial charge in [0.25, 0.3) is 0 Å². The van der Waals surface area contributed by atoms with Gasteiger partial charge in [0.1, 0.15) is 17.9 Å². The van der Waals surface area contributed by atoms with Gasteiger partial charge in [-0.1, -0.05) is 0 Å². The second-order valence-corrected chi connectivity index (χ2v) is 7.22. The van der Waals surface area contributed by atoms with Gasteiger partial charge in [0.2, 0.25) is 0 Å². The first kappa shape index (κ1) is 18.7. The largest absolute Gasteiger partial charge is 0.396 e. The number of fused-ring (bicyclic) bond motifs is 1. The zero-order chi connectivity index (χ0) is 18.8. The minimum absolute atomic E-state index is 0.0823. The number of nitrogens with two attached hydrogens (primary N) is 1.